The number of rotatable bonds is 4. The van der Waals surface area contributed by atoms with Crippen molar-refractivity contribution in [2.24, 2.45) is 0 Å². The minimum Gasteiger partial charge on any atom is -0.378 e. The number of aromatic nitrogens is 2. The average Bonchev–Trinajstić information content (AvgIpc) is 3.16. The monoisotopic (exact) mass is 472 g/mol. The Morgan fingerprint density at radius 3 is 2.48 bits per heavy atom. The molecule has 1 aromatic carbocycles. The van der Waals surface area contributed by atoms with Crippen molar-refractivity contribution in [2.75, 3.05) is 32.8 Å². The number of halogens is 5. The molecule has 2 fully saturated rings. The van der Waals surface area contributed by atoms with E-state index in [-0.39, 0.29) is 18.4 Å². The van der Waals surface area contributed by atoms with E-state index in [0.29, 0.717) is 31.4 Å². The molecule has 3 aliphatic heterocycles. The zero-order chi connectivity index (χ0) is 23.3. The standard InChI is InChI=1S/C22H25F5N4O2/c23-16-2-1-14(18(19(16)24)22(25,26)27)12-3-6-30(7-4-12)21(32)20-15-5-8-31(13-10-33-11-13)9-17(15)28-29-20/h1-2,12-13,21,32H,3-11H2,(H,28,29). The van der Waals surface area contributed by atoms with Crippen LogP contribution >= 0.6 is 0 Å². The first kappa shape index (κ1) is 22.7. The van der Waals surface area contributed by atoms with E-state index in [2.05, 4.69) is 15.1 Å². The van der Waals surface area contributed by atoms with Crippen LogP contribution in [0.4, 0.5) is 22.0 Å². The van der Waals surface area contributed by atoms with Crippen molar-refractivity contribution in [1.82, 2.24) is 20.0 Å². The van der Waals surface area contributed by atoms with Gasteiger partial charge in [-0.05, 0) is 36.8 Å². The van der Waals surface area contributed by atoms with Crippen LogP contribution in [0.15, 0.2) is 12.1 Å². The fourth-order valence-electron chi connectivity index (χ4n) is 5.15. The molecule has 2 N–H and O–H groups in total. The van der Waals surface area contributed by atoms with Gasteiger partial charge in [0.05, 0.1) is 30.5 Å². The number of nitrogens with zero attached hydrogens (tertiary/aromatic N) is 3. The smallest absolute Gasteiger partial charge is 0.378 e. The minimum absolute atomic E-state index is 0.229. The second-order valence-electron chi connectivity index (χ2n) is 8.98. The molecule has 1 unspecified atom stereocenters. The molecular formula is C22H25F5N4O2. The van der Waals surface area contributed by atoms with Crippen LogP contribution in [0.5, 0.6) is 0 Å². The SMILES string of the molecule is OC(c1n[nH]c2c1CCN(C1COC1)C2)N1CCC(c2ccc(F)c(F)c2C(F)(F)F)CC1. The maximum Gasteiger partial charge on any atom is 0.419 e. The van der Waals surface area contributed by atoms with E-state index in [1.54, 1.807) is 4.90 Å². The number of aromatic amines is 1. The number of fused-ring (bicyclic) bond motifs is 1. The molecule has 2 saturated heterocycles. The summed E-state index contributed by atoms with van der Waals surface area (Å²) < 4.78 is 73.0. The largest absolute Gasteiger partial charge is 0.419 e. The maximum absolute atomic E-state index is 14.0. The second kappa shape index (κ2) is 8.61. The molecule has 0 bridgehead atoms. The van der Waals surface area contributed by atoms with Crippen LogP contribution in [0.25, 0.3) is 0 Å². The Labute approximate surface area is 187 Å². The van der Waals surface area contributed by atoms with Gasteiger partial charge in [0.2, 0.25) is 0 Å². The zero-order valence-corrected chi connectivity index (χ0v) is 17.8. The number of H-pyrrole nitrogens is 1. The first-order chi connectivity index (χ1) is 15.7. The molecule has 5 rings (SSSR count). The highest BCUT2D eigenvalue weighted by molar-refractivity contribution is 5.35. The van der Waals surface area contributed by atoms with Crippen molar-refractivity contribution in [3.63, 3.8) is 0 Å². The van der Waals surface area contributed by atoms with Gasteiger partial charge in [0.25, 0.3) is 0 Å². The number of hydrogen-bond donors (Lipinski definition) is 2. The number of alkyl halides is 3. The normalized spacial score (nSPS) is 22.2. The van der Waals surface area contributed by atoms with E-state index in [0.717, 1.165) is 49.6 Å². The third-order valence-electron chi connectivity index (χ3n) is 7.10. The highest BCUT2D eigenvalue weighted by Crippen LogP contribution is 2.41. The van der Waals surface area contributed by atoms with Crippen LogP contribution in [0.1, 0.15) is 53.1 Å². The number of benzene rings is 1. The van der Waals surface area contributed by atoms with E-state index < -0.39 is 35.5 Å². The van der Waals surface area contributed by atoms with Crippen LogP contribution in [-0.4, -0.2) is 64.0 Å². The van der Waals surface area contributed by atoms with Crippen LogP contribution < -0.4 is 0 Å². The number of aliphatic hydroxyl groups is 1. The van der Waals surface area contributed by atoms with Crippen molar-refractivity contribution in [1.29, 1.82) is 0 Å². The van der Waals surface area contributed by atoms with Gasteiger partial charge in [-0.25, -0.2) is 8.78 Å². The fraction of sp³-hybridized carbons (Fsp3) is 0.591. The van der Waals surface area contributed by atoms with Gasteiger partial charge < -0.3 is 9.84 Å². The Hall–Kier alpha value is -2.08. The third kappa shape index (κ3) is 4.16. The van der Waals surface area contributed by atoms with Crippen LogP contribution in [0.2, 0.25) is 0 Å². The molecule has 0 amide bonds. The van der Waals surface area contributed by atoms with E-state index in [4.69, 9.17) is 4.74 Å². The Balaban J connectivity index is 1.27. The summed E-state index contributed by atoms with van der Waals surface area (Å²) in [5.74, 6) is -3.94. The second-order valence-corrected chi connectivity index (χ2v) is 8.98. The summed E-state index contributed by atoms with van der Waals surface area (Å²) in [7, 11) is 0. The lowest BCUT2D eigenvalue weighted by Crippen LogP contribution is -2.50. The number of nitrogens with one attached hydrogen (secondary N) is 1. The summed E-state index contributed by atoms with van der Waals surface area (Å²) in [6, 6.07) is 2.18. The van der Waals surface area contributed by atoms with Crippen LogP contribution in [-0.2, 0) is 23.9 Å². The van der Waals surface area contributed by atoms with Gasteiger partial charge in [-0.2, -0.15) is 18.3 Å². The van der Waals surface area contributed by atoms with Crippen molar-refractivity contribution in [2.45, 2.75) is 50.2 Å². The quantitative estimate of drug-likeness (QED) is 0.669. The Bertz CT molecular complexity index is 1010. The van der Waals surface area contributed by atoms with Gasteiger partial charge in [0, 0.05) is 31.7 Å². The molecule has 11 heteroatoms. The van der Waals surface area contributed by atoms with Gasteiger partial charge >= 0.3 is 6.18 Å². The van der Waals surface area contributed by atoms with Crippen molar-refractivity contribution < 1.29 is 31.8 Å². The van der Waals surface area contributed by atoms with Gasteiger partial charge in [-0.3, -0.25) is 14.9 Å². The first-order valence-corrected chi connectivity index (χ1v) is 11.1. The molecule has 0 radical (unpaired) electrons. The lowest BCUT2D eigenvalue weighted by atomic mass is 9.85. The van der Waals surface area contributed by atoms with Gasteiger partial charge in [-0.1, -0.05) is 6.07 Å². The molecule has 1 aromatic heterocycles. The molecule has 0 aliphatic carbocycles. The average molecular weight is 472 g/mol. The highest BCUT2D eigenvalue weighted by atomic mass is 19.4. The molecule has 4 heterocycles. The Morgan fingerprint density at radius 1 is 1.12 bits per heavy atom. The van der Waals surface area contributed by atoms with Crippen molar-refractivity contribution in [3.8, 4) is 0 Å². The van der Waals surface area contributed by atoms with Gasteiger partial charge in [-0.15, -0.1) is 0 Å². The molecule has 2 aromatic rings. The van der Waals surface area contributed by atoms with Crippen LogP contribution in [0.3, 0.4) is 0 Å². The number of likely N-dealkylation sites (tertiary alicyclic amines) is 1. The third-order valence-corrected chi connectivity index (χ3v) is 7.10. The topological polar surface area (TPSA) is 64.6 Å². The Kier molecular flexibility index (Phi) is 5.92. The summed E-state index contributed by atoms with van der Waals surface area (Å²) >= 11 is 0. The van der Waals surface area contributed by atoms with E-state index in [9.17, 15) is 27.1 Å². The fourth-order valence-corrected chi connectivity index (χ4v) is 5.15. The predicted octanol–water partition coefficient (Wildman–Crippen LogP) is 3.33. The van der Waals surface area contributed by atoms with E-state index in [1.807, 2.05) is 0 Å². The lowest BCUT2D eigenvalue weighted by molar-refractivity contribution is -0.141. The molecule has 3 aliphatic rings. The summed E-state index contributed by atoms with van der Waals surface area (Å²) in [5.41, 5.74) is 0.753. The maximum atomic E-state index is 14.0. The van der Waals surface area contributed by atoms with E-state index >= 15 is 0 Å². The molecular weight excluding hydrogens is 447 g/mol. The summed E-state index contributed by atoms with van der Waals surface area (Å²) in [4.78, 5) is 4.10. The summed E-state index contributed by atoms with van der Waals surface area (Å²) in [6.07, 6.45) is -4.64. The van der Waals surface area contributed by atoms with Gasteiger partial charge in [0.1, 0.15) is 5.69 Å². The number of piperidine rings is 1. The van der Waals surface area contributed by atoms with Crippen molar-refractivity contribution in [3.05, 3.63) is 51.8 Å². The number of hydrogen-bond acceptors (Lipinski definition) is 5. The zero-order valence-electron chi connectivity index (χ0n) is 17.8. The molecule has 6 nitrogen and oxygen atoms in total. The Morgan fingerprint density at radius 2 is 1.85 bits per heavy atom. The van der Waals surface area contributed by atoms with Crippen LogP contribution in [0, 0.1) is 11.6 Å². The van der Waals surface area contributed by atoms with Crippen molar-refractivity contribution >= 4 is 0 Å². The lowest BCUT2D eigenvalue weighted by Gasteiger charge is -2.39. The highest BCUT2D eigenvalue weighted by Gasteiger charge is 2.41. The molecule has 0 saturated carbocycles. The molecule has 180 valence electrons. The summed E-state index contributed by atoms with van der Waals surface area (Å²) in [6.45, 7) is 3.63. The summed E-state index contributed by atoms with van der Waals surface area (Å²) in [5, 5.41) is 18.3. The first-order valence-electron chi connectivity index (χ1n) is 11.1. The predicted molar refractivity (Wildman–Crippen MR) is 107 cm³/mol. The molecule has 1 atom stereocenters. The number of ether oxygens (including phenoxy) is 1. The van der Waals surface area contributed by atoms with Gasteiger partial charge in [0.15, 0.2) is 17.9 Å². The molecule has 33 heavy (non-hydrogen) atoms. The van der Waals surface area contributed by atoms with E-state index in [1.165, 1.54) is 0 Å². The number of aliphatic hydroxyl groups excluding tert-OH is 1. The minimum atomic E-state index is -4.98. The molecule has 0 spiro atoms.